The van der Waals surface area contributed by atoms with E-state index in [2.05, 4.69) is 5.32 Å². The standard InChI is InChI=1S/C12H16F3NO/c1-17-9-10-3-5-11(6-4-10)16-8-2-7-12(13,14)15/h3-6,16H,2,7-9H2,1H3. The van der Waals surface area contributed by atoms with Gasteiger partial charge in [0.2, 0.25) is 0 Å². The van der Waals surface area contributed by atoms with Crippen LogP contribution in [0.1, 0.15) is 18.4 Å². The minimum Gasteiger partial charge on any atom is -0.385 e. The van der Waals surface area contributed by atoms with E-state index in [0.717, 1.165) is 11.3 Å². The highest BCUT2D eigenvalue weighted by Crippen LogP contribution is 2.21. The molecular weight excluding hydrogens is 231 g/mol. The highest BCUT2D eigenvalue weighted by molar-refractivity contribution is 5.44. The first-order valence-electron chi connectivity index (χ1n) is 5.40. The van der Waals surface area contributed by atoms with Crippen LogP contribution >= 0.6 is 0 Å². The second-order valence-corrected chi connectivity index (χ2v) is 3.78. The van der Waals surface area contributed by atoms with Gasteiger partial charge in [-0.2, -0.15) is 13.2 Å². The third-order valence-electron chi connectivity index (χ3n) is 2.23. The van der Waals surface area contributed by atoms with Crippen LogP contribution in [-0.4, -0.2) is 19.8 Å². The number of benzene rings is 1. The summed E-state index contributed by atoms with van der Waals surface area (Å²) < 4.78 is 40.6. The molecule has 0 bridgehead atoms. The van der Waals surface area contributed by atoms with Gasteiger partial charge in [-0.05, 0) is 24.1 Å². The second kappa shape index (κ2) is 6.49. The summed E-state index contributed by atoms with van der Waals surface area (Å²) in [6.07, 6.45) is -4.73. The number of ether oxygens (including phenoxy) is 1. The molecular formula is C12H16F3NO. The van der Waals surface area contributed by atoms with Crippen LogP contribution < -0.4 is 5.32 Å². The molecule has 0 spiro atoms. The number of hydrogen-bond acceptors (Lipinski definition) is 2. The van der Waals surface area contributed by atoms with Crippen molar-refractivity contribution in [2.75, 3.05) is 19.0 Å². The lowest BCUT2D eigenvalue weighted by Gasteiger charge is -2.09. The Bertz CT molecular complexity index is 322. The summed E-state index contributed by atoms with van der Waals surface area (Å²) in [6.45, 7) is 0.859. The Morgan fingerprint density at radius 1 is 1.18 bits per heavy atom. The number of methoxy groups -OCH3 is 1. The molecule has 0 unspecified atom stereocenters. The first-order chi connectivity index (χ1) is 8.01. The highest BCUT2D eigenvalue weighted by atomic mass is 19.4. The predicted octanol–water partition coefficient (Wildman–Crippen LogP) is 3.59. The van der Waals surface area contributed by atoms with Crippen LogP contribution in [0.2, 0.25) is 0 Å². The van der Waals surface area contributed by atoms with Gasteiger partial charge in [0.1, 0.15) is 0 Å². The Morgan fingerprint density at radius 3 is 2.35 bits per heavy atom. The Morgan fingerprint density at radius 2 is 1.82 bits per heavy atom. The Balaban J connectivity index is 2.27. The maximum atomic E-state index is 11.9. The fourth-order valence-corrected chi connectivity index (χ4v) is 1.41. The Hall–Kier alpha value is -1.23. The zero-order chi connectivity index (χ0) is 12.7. The quantitative estimate of drug-likeness (QED) is 0.776. The van der Waals surface area contributed by atoms with Gasteiger partial charge in [-0.3, -0.25) is 0 Å². The van der Waals surface area contributed by atoms with Gasteiger partial charge in [0.05, 0.1) is 6.61 Å². The summed E-state index contributed by atoms with van der Waals surface area (Å²) in [6, 6.07) is 7.44. The average Bonchev–Trinajstić information content (AvgIpc) is 2.26. The van der Waals surface area contributed by atoms with E-state index in [4.69, 9.17) is 4.74 Å². The van der Waals surface area contributed by atoms with E-state index in [-0.39, 0.29) is 6.42 Å². The maximum absolute atomic E-state index is 11.9. The van der Waals surface area contributed by atoms with Crippen LogP contribution in [0.3, 0.4) is 0 Å². The molecule has 0 saturated carbocycles. The maximum Gasteiger partial charge on any atom is 0.389 e. The molecule has 0 heterocycles. The second-order valence-electron chi connectivity index (χ2n) is 3.78. The molecule has 0 aliphatic heterocycles. The van der Waals surface area contributed by atoms with Crippen LogP contribution in [0, 0.1) is 0 Å². The zero-order valence-electron chi connectivity index (χ0n) is 9.68. The number of halogens is 3. The Labute approximate surface area is 98.8 Å². The molecule has 1 aromatic rings. The molecule has 0 aliphatic rings. The van der Waals surface area contributed by atoms with Gasteiger partial charge >= 0.3 is 6.18 Å². The minimum absolute atomic E-state index is 0.0866. The number of alkyl halides is 3. The summed E-state index contributed by atoms with van der Waals surface area (Å²) in [5.74, 6) is 0. The van der Waals surface area contributed by atoms with E-state index in [9.17, 15) is 13.2 Å². The molecule has 1 aromatic carbocycles. The minimum atomic E-state index is -4.07. The molecule has 5 heteroatoms. The van der Waals surface area contributed by atoms with Crippen molar-refractivity contribution in [3.8, 4) is 0 Å². The smallest absolute Gasteiger partial charge is 0.385 e. The number of hydrogen-bond donors (Lipinski definition) is 1. The zero-order valence-corrected chi connectivity index (χ0v) is 9.68. The first kappa shape index (κ1) is 13.8. The third kappa shape index (κ3) is 6.16. The van der Waals surface area contributed by atoms with Gasteiger partial charge in [-0.15, -0.1) is 0 Å². The SMILES string of the molecule is COCc1ccc(NCCCC(F)(F)F)cc1. The Kier molecular flexibility index (Phi) is 5.28. The fourth-order valence-electron chi connectivity index (χ4n) is 1.41. The summed E-state index contributed by atoms with van der Waals surface area (Å²) in [4.78, 5) is 0. The molecule has 1 rings (SSSR count). The van der Waals surface area contributed by atoms with Gasteiger partial charge in [-0.25, -0.2) is 0 Å². The van der Waals surface area contributed by atoms with Gasteiger partial charge < -0.3 is 10.1 Å². The summed E-state index contributed by atoms with van der Waals surface area (Å²) in [7, 11) is 1.61. The van der Waals surface area contributed by atoms with Gasteiger partial charge in [0.15, 0.2) is 0 Å². The highest BCUT2D eigenvalue weighted by Gasteiger charge is 2.25. The van der Waals surface area contributed by atoms with Crippen molar-refractivity contribution in [3.05, 3.63) is 29.8 Å². The van der Waals surface area contributed by atoms with E-state index >= 15 is 0 Å². The lowest BCUT2D eigenvalue weighted by molar-refractivity contribution is -0.134. The van der Waals surface area contributed by atoms with Crippen molar-refractivity contribution in [1.29, 1.82) is 0 Å². The number of nitrogens with one attached hydrogen (secondary N) is 1. The van der Waals surface area contributed by atoms with E-state index in [1.165, 1.54) is 0 Å². The van der Waals surface area contributed by atoms with Crippen LogP contribution in [0.4, 0.5) is 18.9 Å². The summed E-state index contributed by atoms with van der Waals surface area (Å²) in [5.41, 5.74) is 1.86. The van der Waals surface area contributed by atoms with Crippen molar-refractivity contribution < 1.29 is 17.9 Å². The molecule has 0 aromatic heterocycles. The van der Waals surface area contributed by atoms with E-state index in [0.29, 0.717) is 13.2 Å². The molecule has 0 saturated heterocycles. The molecule has 0 aliphatic carbocycles. The first-order valence-corrected chi connectivity index (χ1v) is 5.40. The van der Waals surface area contributed by atoms with E-state index in [1.807, 2.05) is 24.3 Å². The lowest BCUT2D eigenvalue weighted by Crippen LogP contribution is -2.10. The van der Waals surface area contributed by atoms with Crippen molar-refractivity contribution in [3.63, 3.8) is 0 Å². The normalized spacial score (nSPS) is 11.5. The summed E-state index contributed by atoms with van der Waals surface area (Å²) >= 11 is 0. The third-order valence-corrected chi connectivity index (χ3v) is 2.23. The summed E-state index contributed by atoms with van der Waals surface area (Å²) in [5, 5.41) is 2.95. The van der Waals surface area contributed by atoms with Crippen molar-refractivity contribution in [2.24, 2.45) is 0 Å². The van der Waals surface area contributed by atoms with Crippen molar-refractivity contribution in [2.45, 2.75) is 25.6 Å². The van der Waals surface area contributed by atoms with Crippen LogP contribution in [0.15, 0.2) is 24.3 Å². The largest absolute Gasteiger partial charge is 0.389 e. The fraction of sp³-hybridized carbons (Fsp3) is 0.500. The average molecular weight is 247 g/mol. The molecule has 0 atom stereocenters. The van der Waals surface area contributed by atoms with Crippen LogP contribution in [-0.2, 0) is 11.3 Å². The van der Waals surface area contributed by atoms with E-state index in [1.54, 1.807) is 7.11 Å². The van der Waals surface area contributed by atoms with Crippen LogP contribution in [0.25, 0.3) is 0 Å². The monoisotopic (exact) mass is 247 g/mol. The molecule has 2 nitrogen and oxygen atoms in total. The van der Waals surface area contributed by atoms with Crippen molar-refractivity contribution in [1.82, 2.24) is 0 Å². The van der Waals surface area contributed by atoms with Gasteiger partial charge in [-0.1, -0.05) is 12.1 Å². The molecule has 17 heavy (non-hydrogen) atoms. The van der Waals surface area contributed by atoms with Gasteiger partial charge in [0.25, 0.3) is 0 Å². The molecule has 0 radical (unpaired) electrons. The lowest BCUT2D eigenvalue weighted by atomic mass is 10.2. The molecule has 0 amide bonds. The number of rotatable bonds is 6. The number of anilines is 1. The van der Waals surface area contributed by atoms with Crippen LogP contribution in [0.5, 0.6) is 0 Å². The molecule has 1 N–H and O–H groups in total. The topological polar surface area (TPSA) is 21.3 Å². The predicted molar refractivity (Wildman–Crippen MR) is 60.9 cm³/mol. The molecule has 0 fully saturated rings. The molecule has 96 valence electrons. The van der Waals surface area contributed by atoms with E-state index < -0.39 is 12.6 Å². The van der Waals surface area contributed by atoms with Gasteiger partial charge in [0, 0.05) is 25.8 Å². The van der Waals surface area contributed by atoms with Crippen molar-refractivity contribution >= 4 is 5.69 Å².